The van der Waals surface area contributed by atoms with Crippen molar-refractivity contribution in [2.24, 2.45) is 0 Å². The van der Waals surface area contributed by atoms with Gasteiger partial charge >= 0.3 is 0 Å². The second-order valence-corrected chi connectivity index (χ2v) is 7.45. The number of aryl methyl sites for hydroxylation is 2. The van der Waals surface area contributed by atoms with E-state index in [-0.39, 0.29) is 24.1 Å². The van der Waals surface area contributed by atoms with E-state index in [0.29, 0.717) is 17.8 Å². The van der Waals surface area contributed by atoms with E-state index in [4.69, 9.17) is 4.74 Å². The molecule has 0 fully saturated rings. The first-order valence-corrected chi connectivity index (χ1v) is 9.57. The SMILES string of the molecule is CCOc1ccc(C(C)NC(=O)Cn2nc(C)c3sc(C)nc3c2=O)cc1. The van der Waals surface area contributed by atoms with Crippen LogP contribution in [0.25, 0.3) is 10.2 Å². The molecule has 1 atom stereocenters. The van der Waals surface area contributed by atoms with Gasteiger partial charge in [0.25, 0.3) is 5.56 Å². The van der Waals surface area contributed by atoms with E-state index in [9.17, 15) is 9.59 Å². The second-order valence-electron chi connectivity index (χ2n) is 6.25. The third-order valence-corrected chi connectivity index (χ3v) is 5.21. The number of thiazole rings is 1. The number of ether oxygens (including phenoxy) is 1. The highest BCUT2D eigenvalue weighted by Gasteiger charge is 2.16. The summed E-state index contributed by atoms with van der Waals surface area (Å²) < 4.78 is 7.38. The van der Waals surface area contributed by atoms with Crippen LogP contribution >= 0.6 is 11.3 Å². The Bertz CT molecular complexity index is 1020. The molecule has 1 unspecified atom stereocenters. The van der Waals surface area contributed by atoms with Gasteiger partial charge in [0.05, 0.1) is 28.1 Å². The van der Waals surface area contributed by atoms with E-state index in [1.54, 1.807) is 0 Å². The first-order chi connectivity index (χ1) is 12.9. The summed E-state index contributed by atoms with van der Waals surface area (Å²) in [6, 6.07) is 7.36. The molecule has 0 saturated carbocycles. The average molecular weight is 386 g/mol. The van der Waals surface area contributed by atoms with Crippen LogP contribution in [0.3, 0.4) is 0 Å². The van der Waals surface area contributed by atoms with Gasteiger partial charge in [-0.25, -0.2) is 9.67 Å². The molecule has 1 amide bonds. The molecule has 0 aliphatic heterocycles. The molecule has 7 nitrogen and oxygen atoms in total. The standard InChI is InChI=1S/C19H22N4O3S/c1-5-26-15-8-6-14(7-9-15)11(2)20-16(24)10-23-19(25)17-18(12(3)22-23)27-13(4)21-17/h6-9,11H,5,10H2,1-4H3,(H,20,24). The van der Waals surface area contributed by atoms with E-state index in [2.05, 4.69) is 15.4 Å². The van der Waals surface area contributed by atoms with Crippen LogP contribution in [-0.2, 0) is 11.3 Å². The zero-order valence-electron chi connectivity index (χ0n) is 15.8. The van der Waals surface area contributed by atoms with Crippen molar-refractivity contribution in [1.29, 1.82) is 0 Å². The van der Waals surface area contributed by atoms with Crippen LogP contribution in [0, 0.1) is 13.8 Å². The summed E-state index contributed by atoms with van der Waals surface area (Å²) >= 11 is 1.44. The van der Waals surface area contributed by atoms with Gasteiger partial charge in [-0.2, -0.15) is 5.10 Å². The van der Waals surface area contributed by atoms with Crippen LogP contribution in [0.4, 0.5) is 0 Å². The van der Waals surface area contributed by atoms with Gasteiger partial charge in [-0.15, -0.1) is 11.3 Å². The quantitative estimate of drug-likeness (QED) is 0.704. The highest BCUT2D eigenvalue weighted by atomic mass is 32.1. The lowest BCUT2D eigenvalue weighted by Gasteiger charge is -2.15. The number of carbonyl (C=O) groups excluding carboxylic acids is 1. The molecular weight excluding hydrogens is 364 g/mol. The predicted octanol–water partition coefficient (Wildman–Crippen LogP) is 2.75. The van der Waals surface area contributed by atoms with Crippen molar-refractivity contribution in [2.75, 3.05) is 6.61 Å². The Balaban J connectivity index is 1.73. The Labute approximate surface area is 161 Å². The molecule has 8 heteroatoms. The number of hydrogen-bond donors (Lipinski definition) is 1. The smallest absolute Gasteiger partial charge is 0.294 e. The van der Waals surface area contributed by atoms with Gasteiger partial charge in [-0.1, -0.05) is 12.1 Å². The Morgan fingerprint density at radius 1 is 1.30 bits per heavy atom. The zero-order chi connectivity index (χ0) is 19.6. The molecule has 0 aliphatic carbocycles. The molecule has 3 rings (SSSR count). The van der Waals surface area contributed by atoms with Crippen LogP contribution in [0.15, 0.2) is 29.1 Å². The van der Waals surface area contributed by atoms with Crippen LogP contribution in [0.1, 0.15) is 36.2 Å². The number of hydrogen-bond acceptors (Lipinski definition) is 6. The summed E-state index contributed by atoms with van der Waals surface area (Å²) in [4.78, 5) is 29.2. The number of aromatic nitrogens is 3. The summed E-state index contributed by atoms with van der Waals surface area (Å²) in [5.74, 6) is 0.509. The topological polar surface area (TPSA) is 86.1 Å². The Morgan fingerprint density at radius 3 is 2.67 bits per heavy atom. The number of carbonyl (C=O) groups is 1. The number of nitrogens with zero attached hydrogens (tertiary/aromatic N) is 3. The molecule has 2 heterocycles. The number of fused-ring (bicyclic) bond motifs is 1. The van der Waals surface area contributed by atoms with Crippen molar-refractivity contribution in [2.45, 2.75) is 40.3 Å². The van der Waals surface area contributed by atoms with Gasteiger partial charge in [0.1, 0.15) is 12.3 Å². The number of rotatable bonds is 6. The Kier molecular flexibility index (Phi) is 5.55. The van der Waals surface area contributed by atoms with Crippen LogP contribution < -0.4 is 15.6 Å². The third-order valence-electron chi connectivity index (χ3n) is 4.13. The predicted molar refractivity (Wildman–Crippen MR) is 105 cm³/mol. The van der Waals surface area contributed by atoms with E-state index < -0.39 is 0 Å². The van der Waals surface area contributed by atoms with E-state index in [1.807, 2.05) is 52.0 Å². The van der Waals surface area contributed by atoms with Crippen molar-refractivity contribution in [3.05, 3.63) is 50.9 Å². The van der Waals surface area contributed by atoms with Crippen molar-refractivity contribution < 1.29 is 9.53 Å². The minimum atomic E-state index is -0.344. The van der Waals surface area contributed by atoms with E-state index in [0.717, 1.165) is 21.0 Å². The molecule has 0 spiro atoms. The molecule has 27 heavy (non-hydrogen) atoms. The average Bonchev–Trinajstić information content (AvgIpc) is 3.03. The summed E-state index contributed by atoms with van der Waals surface area (Å²) in [6.07, 6.45) is 0. The largest absolute Gasteiger partial charge is 0.494 e. The van der Waals surface area contributed by atoms with Crippen molar-refractivity contribution in [3.63, 3.8) is 0 Å². The summed E-state index contributed by atoms with van der Waals surface area (Å²) in [5, 5.41) is 7.97. The maximum atomic E-state index is 12.5. The number of nitrogens with one attached hydrogen (secondary N) is 1. The number of amides is 1. The maximum Gasteiger partial charge on any atom is 0.294 e. The summed E-state index contributed by atoms with van der Waals surface area (Å²) in [6.45, 7) is 7.94. The van der Waals surface area contributed by atoms with Crippen LogP contribution in [0.2, 0.25) is 0 Å². The summed E-state index contributed by atoms with van der Waals surface area (Å²) in [5.41, 5.74) is 1.68. The van der Waals surface area contributed by atoms with Crippen molar-refractivity contribution >= 4 is 27.5 Å². The molecule has 1 aromatic carbocycles. The lowest BCUT2D eigenvalue weighted by Crippen LogP contribution is -2.35. The Morgan fingerprint density at radius 2 is 2.00 bits per heavy atom. The fourth-order valence-electron chi connectivity index (χ4n) is 2.84. The van der Waals surface area contributed by atoms with Gasteiger partial charge in [-0.3, -0.25) is 9.59 Å². The van der Waals surface area contributed by atoms with E-state index in [1.165, 1.54) is 16.0 Å². The van der Waals surface area contributed by atoms with E-state index >= 15 is 0 Å². The molecule has 3 aromatic rings. The minimum absolute atomic E-state index is 0.145. The first-order valence-electron chi connectivity index (χ1n) is 8.76. The normalized spacial score (nSPS) is 12.1. The first kappa shape index (κ1) is 19.0. The lowest BCUT2D eigenvalue weighted by molar-refractivity contribution is -0.122. The lowest BCUT2D eigenvalue weighted by atomic mass is 10.1. The third kappa shape index (κ3) is 4.16. The second kappa shape index (κ2) is 7.87. The minimum Gasteiger partial charge on any atom is -0.494 e. The van der Waals surface area contributed by atoms with Gasteiger partial charge in [0, 0.05) is 0 Å². The molecular formula is C19H22N4O3S. The van der Waals surface area contributed by atoms with Crippen LogP contribution in [0.5, 0.6) is 5.75 Å². The summed E-state index contributed by atoms with van der Waals surface area (Å²) in [7, 11) is 0. The highest BCUT2D eigenvalue weighted by molar-refractivity contribution is 7.18. The Hall–Kier alpha value is -2.74. The molecule has 1 N–H and O–H groups in total. The van der Waals surface area contributed by atoms with Gasteiger partial charge in [0.15, 0.2) is 5.52 Å². The molecule has 0 radical (unpaired) electrons. The molecule has 0 aliphatic rings. The molecule has 0 saturated heterocycles. The fraction of sp³-hybridized carbons (Fsp3) is 0.368. The monoisotopic (exact) mass is 386 g/mol. The maximum absolute atomic E-state index is 12.5. The molecule has 0 bridgehead atoms. The highest BCUT2D eigenvalue weighted by Crippen LogP contribution is 2.21. The molecule has 142 valence electrons. The van der Waals surface area contributed by atoms with Crippen molar-refractivity contribution in [1.82, 2.24) is 20.1 Å². The van der Waals surface area contributed by atoms with Gasteiger partial charge < -0.3 is 10.1 Å². The number of benzene rings is 1. The van der Waals surface area contributed by atoms with Gasteiger partial charge in [0.2, 0.25) is 5.91 Å². The zero-order valence-corrected chi connectivity index (χ0v) is 16.6. The fourth-order valence-corrected chi connectivity index (χ4v) is 3.69. The van der Waals surface area contributed by atoms with Crippen molar-refractivity contribution in [3.8, 4) is 5.75 Å². The van der Waals surface area contributed by atoms with Crippen LogP contribution in [-0.4, -0.2) is 27.3 Å². The van der Waals surface area contributed by atoms with Gasteiger partial charge in [-0.05, 0) is 45.4 Å². The molecule has 2 aromatic heterocycles.